The highest BCUT2D eigenvalue weighted by molar-refractivity contribution is 6.33. The van der Waals surface area contributed by atoms with Crippen LogP contribution in [0.1, 0.15) is 34.9 Å². The molecular formula is C19H25ClN4O. The highest BCUT2D eigenvalue weighted by Crippen LogP contribution is 2.28. The number of hydrogen-bond donors (Lipinski definition) is 0. The molecule has 2 heterocycles. The molecule has 1 aliphatic heterocycles. The maximum Gasteiger partial charge on any atom is 0.255 e. The van der Waals surface area contributed by atoms with Gasteiger partial charge in [0.1, 0.15) is 5.82 Å². The first-order valence-electron chi connectivity index (χ1n) is 8.76. The van der Waals surface area contributed by atoms with Crippen molar-refractivity contribution < 1.29 is 4.79 Å². The number of piperidine rings is 1. The molecule has 3 rings (SSSR count). The Balaban J connectivity index is 1.73. The van der Waals surface area contributed by atoms with E-state index in [1.807, 2.05) is 29.4 Å². The van der Waals surface area contributed by atoms with Gasteiger partial charge in [0.25, 0.3) is 5.91 Å². The van der Waals surface area contributed by atoms with Crippen molar-refractivity contribution in [2.75, 3.05) is 33.7 Å². The standard InChI is InChI=1S/C19H25ClN4O/c1-22(2)12-13-23-11-9-21-18(23)15-6-5-10-24(14-15)19(25)16-7-3-4-8-17(16)20/h3-4,7-9,11,15H,5-6,10,12-14H2,1-2H3. The summed E-state index contributed by atoms with van der Waals surface area (Å²) in [7, 11) is 4.14. The van der Waals surface area contributed by atoms with Crippen LogP contribution in [0.25, 0.3) is 0 Å². The van der Waals surface area contributed by atoms with Crippen molar-refractivity contribution in [2.24, 2.45) is 0 Å². The minimum atomic E-state index is 0.0155. The Morgan fingerprint density at radius 2 is 2.16 bits per heavy atom. The third-order valence-electron chi connectivity index (χ3n) is 4.71. The zero-order valence-corrected chi connectivity index (χ0v) is 15.6. The Labute approximate surface area is 154 Å². The van der Waals surface area contributed by atoms with Gasteiger partial charge in [-0.05, 0) is 39.1 Å². The van der Waals surface area contributed by atoms with Crippen molar-refractivity contribution in [1.82, 2.24) is 19.4 Å². The molecule has 0 aliphatic carbocycles. The molecule has 0 bridgehead atoms. The quantitative estimate of drug-likeness (QED) is 0.822. The number of aromatic nitrogens is 2. The van der Waals surface area contributed by atoms with Gasteiger partial charge in [-0.15, -0.1) is 0 Å². The lowest BCUT2D eigenvalue weighted by Crippen LogP contribution is -2.40. The van der Waals surface area contributed by atoms with Gasteiger partial charge in [0.05, 0.1) is 10.6 Å². The van der Waals surface area contributed by atoms with Crippen LogP contribution in [0.2, 0.25) is 5.02 Å². The zero-order chi connectivity index (χ0) is 17.8. The average molecular weight is 361 g/mol. The molecule has 134 valence electrons. The van der Waals surface area contributed by atoms with Crippen molar-refractivity contribution in [3.8, 4) is 0 Å². The summed E-state index contributed by atoms with van der Waals surface area (Å²) < 4.78 is 2.22. The topological polar surface area (TPSA) is 41.4 Å². The van der Waals surface area contributed by atoms with Gasteiger partial charge in [-0.1, -0.05) is 23.7 Å². The number of likely N-dealkylation sites (tertiary alicyclic amines) is 1. The molecule has 1 aromatic carbocycles. The molecule has 2 aromatic rings. The third kappa shape index (κ3) is 4.22. The van der Waals surface area contributed by atoms with Gasteiger partial charge in [-0.2, -0.15) is 0 Å². The summed E-state index contributed by atoms with van der Waals surface area (Å²) in [4.78, 5) is 21.5. The summed E-state index contributed by atoms with van der Waals surface area (Å²) in [5.74, 6) is 1.37. The second kappa shape index (κ2) is 8.02. The van der Waals surface area contributed by atoms with Crippen molar-refractivity contribution in [2.45, 2.75) is 25.3 Å². The van der Waals surface area contributed by atoms with E-state index in [1.54, 1.807) is 12.1 Å². The number of carbonyl (C=O) groups is 1. The second-order valence-corrected chi connectivity index (χ2v) is 7.26. The molecule has 1 atom stereocenters. The highest BCUT2D eigenvalue weighted by Gasteiger charge is 2.28. The maximum absolute atomic E-state index is 12.8. The van der Waals surface area contributed by atoms with E-state index in [9.17, 15) is 4.79 Å². The molecule has 0 N–H and O–H groups in total. The van der Waals surface area contributed by atoms with E-state index in [4.69, 9.17) is 11.6 Å². The number of nitrogens with zero attached hydrogens (tertiary/aromatic N) is 4. The van der Waals surface area contributed by atoms with Crippen molar-refractivity contribution in [3.05, 3.63) is 53.1 Å². The fraction of sp³-hybridized carbons (Fsp3) is 0.474. The van der Waals surface area contributed by atoms with Gasteiger partial charge < -0.3 is 14.4 Å². The number of benzene rings is 1. The molecule has 1 fully saturated rings. The fourth-order valence-electron chi connectivity index (χ4n) is 3.35. The van der Waals surface area contributed by atoms with Gasteiger partial charge in [-0.25, -0.2) is 4.98 Å². The highest BCUT2D eigenvalue weighted by atomic mass is 35.5. The predicted octanol–water partition coefficient (Wildman–Crippen LogP) is 3.12. The van der Waals surface area contributed by atoms with Crippen LogP contribution in [0.3, 0.4) is 0 Å². The second-order valence-electron chi connectivity index (χ2n) is 6.85. The Bertz CT molecular complexity index is 728. The van der Waals surface area contributed by atoms with Crippen LogP contribution in [0, 0.1) is 0 Å². The summed E-state index contributed by atoms with van der Waals surface area (Å²) in [5, 5.41) is 0.516. The lowest BCUT2D eigenvalue weighted by atomic mass is 9.96. The summed E-state index contributed by atoms with van der Waals surface area (Å²) in [6.07, 6.45) is 5.94. The maximum atomic E-state index is 12.8. The molecule has 5 nitrogen and oxygen atoms in total. The number of rotatable bonds is 5. The van der Waals surface area contributed by atoms with E-state index >= 15 is 0 Å². The van der Waals surface area contributed by atoms with Crippen LogP contribution in [0.4, 0.5) is 0 Å². The molecule has 0 radical (unpaired) electrons. The average Bonchev–Trinajstić information content (AvgIpc) is 3.08. The van der Waals surface area contributed by atoms with Crippen molar-refractivity contribution in [1.29, 1.82) is 0 Å². The lowest BCUT2D eigenvalue weighted by Gasteiger charge is -2.33. The summed E-state index contributed by atoms with van der Waals surface area (Å²) in [6.45, 7) is 3.36. The minimum Gasteiger partial charge on any atom is -0.338 e. The molecule has 1 saturated heterocycles. The molecule has 0 saturated carbocycles. The van der Waals surface area contributed by atoms with E-state index in [-0.39, 0.29) is 11.8 Å². The van der Waals surface area contributed by atoms with E-state index in [2.05, 4.69) is 28.5 Å². The first-order chi connectivity index (χ1) is 12.1. The van der Waals surface area contributed by atoms with Gasteiger partial charge in [-0.3, -0.25) is 4.79 Å². The van der Waals surface area contributed by atoms with E-state index in [0.717, 1.165) is 38.3 Å². The molecule has 25 heavy (non-hydrogen) atoms. The zero-order valence-electron chi connectivity index (χ0n) is 14.9. The third-order valence-corrected chi connectivity index (χ3v) is 5.04. The molecule has 6 heteroatoms. The first-order valence-corrected chi connectivity index (χ1v) is 9.13. The van der Waals surface area contributed by atoms with Crippen molar-refractivity contribution >= 4 is 17.5 Å². The predicted molar refractivity (Wildman–Crippen MR) is 100 cm³/mol. The number of hydrogen-bond acceptors (Lipinski definition) is 3. The van der Waals surface area contributed by atoms with Crippen LogP contribution in [-0.4, -0.2) is 59.0 Å². The van der Waals surface area contributed by atoms with E-state index < -0.39 is 0 Å². The normalized spacial score (nSPS) is 17.9. The largest absolute Gasteiger partial charge is 0.338 e. The summed E-state index contributed by atoms with van der Waals surface area (Å²) in [6, 6.07) is 7.27. The van der Waals surface area contributed by atoms with E-state index in [1.165, 1.54) is 0 Å². The van der Waals surface area contributed by atoms with Crippen LogP contribution >= 0.6 is 11.6 Å². The number of imidazole rings is 1. The molecule has 0 spiro atoms. The molecular weight excluding hydrogens is 336 g/mol. The SMILES string of the molecule is CN(C)CCn1ccnc1C1CCCN(C(=O)c2ccccc2Cl)C1. The Morgan fingerprint density at radius 3 is 2.92 bits per heavy atom. The summed E-state index contributed by atoms with van der Waals surface area (Å²) >= 11 is 6.20. The molecule has 1 aliphatic rings. The minimum absolute atomic E-state index is 0.0155. The number of likely N-dealkylation sites (N-methyl/N-ethyl adjacent to an activating group) is 1. The summed E-state index contributed by atoms with van der Waals surface area (Å²) in [5.41, 5.74) is 0.584. The van der Waals surface area contributed by atoms with Gasteiger partial charge in [0, 0.05) is 44.5 Å². The Kier molecular flexibility index (Phi) is 5.76. The molecule has 1 amide bonds. The number of halogens is 1. The van der Waals surface area contributed by atoms with Gasteiger partial charge in [0.2, 0.25) is 0 Å². The molecule has 1 aromatic heterocycles. The van der Waals surface area contributed by atoms with Crippen LogP contribution in [0.15, 0.2) is 36.7 Å². The van der Waals surface area contributed by atoms with Crippen LogP contribution in [-0.2, 0) is 6.54 Å². The van der Waals surface area contributed by atoms with Crippen LogP contribution in [0.5, 0.6) is 0 Å². The first kappa shape index (κ1) is 18.0. The number of carbonyl (C=O) groups excluding carboxylic acids is 1. The fourth-order valence-corrected chi connectivity index (χ4v) is 3.57. The van der Waals surface area contributed by atoms with E-state index in [0.29, 0.717) is 17.1 Å². The van der Waals surface area contributed by atoms with Gasteiger partial charge >= 0.3 is 0 Å². The molecule has 1 unspecified atom stereocenters. The Hall–Kier alpha value is -1.85. The lowest BCUT2D eigenvalue weighted by molar-refractivity contribution is 0.0703. The number of amides is 1. The van der Waals surface area contributed by atoms with Crippen LogP contribution < -0.4 is 0 Å². The monoisotopic (exact) mass is 360 g/mol. The van der Waals surface area contributed by atoms with Crippen molar-refractivity contribution in [3.63, 3.8) is 0 Å². The Morgan fingerprint density at radius 1 is 1.36 bits per heavy atom. The smallest absolute Gasteiger partial charge is 0.255 e. The van der Waals surface area contributed by atoms with Gasteiger partial charge in [0.15, 0.2) is 0 Å².